The first-order valence-corrected chi connectivity index (χ1v) is 11.0. The zero-order chi connectivity index (χ0) is 20.1. The van der Waals surface area contributed by atoms with Crippen LogP contribution in [0, 0.1) is 5.92 Å². The van der Waals surface area contributed by atoms with E-state index in [2.05, 4.69) is 44.7 Å². The van der Waals surface area contributed by atoms with Crippen molar-refractivity contribution < 1.29 is 4.79 Å². The van der Waals surface area contributed by atoms with Crippen LogP contribution in [0.2, 0.25) is 0 Å². The summed E-state index contributed by atoms with van der Waals surface area (Å²) in [7, 11) is 0. The summed E-state index contributed by atoms with van der Waals surface area (Å²) in [6.07, 6.45) is 5.66. The molecule has 7 heteroatoms. The van der Waals surface area contributed by atoms with Crippen molar-refractivity contribution in [3.05, 3.63) is 70.4 Å². The summed E-state index contributed by atoms with van der Waals surface area (Å²) >= 11 is 1.77. The molecular formula is C22H27N5OS. The monoisotopic (exact) mass is 409 g/mol. The van der Waals surface area contributed by atoms with Crippen molar-refractivity contribution in [2.75, 3.05) is 19.6 Å². The summed E-state index contributed by atoms with van der Waals surface area (Å²) < 4.78 is 1.76. The zero-order valence-electron chi connectivity index (χ0n) is 16.7. The van der Waals surface area contributed by atoms with Crippen molar-refractivity contribution in [2.24, 2.45) is 5.92 Å². The van der Waals surface area contributed by atoms with Gasteiger partial charge in [0.1, 0.15) is 12.7 Å². The number of aromatic nitrogens is 3. The molecule has 1 amide bonds. The lowest BCUT2D eigenvalue weighted by Gasteiger charge is -2.36. The lowest BCUT2D eigenvalue weighted by Crippen LogP contribution is -2.41. The number of carbonyl (C=O) groups is 1. The number of hydrogen-bond donors (Lipinski definition) is 1. The maximum atomic E-state index is 12.7. The van der Waals surface area contributed by atoms with Gasteiger partial charge < -0.3 is 5.32 Å². The van der Waals surface area contributed by atoms with E-state index < -0.39 is 0 Å². The number of amides is 1. The maximum Gasteiger partial charge on any atom is 0.251 e. The summed E-state index contributed by atoms with van der Waals surface area (Å²) in [5.41, 5.74) is 1.77. The molecule has 0 aliphatic carbocycles. The molecule has 1 saturated heterocycles. The number of piperidine rings is 1. The van der Waals surface area contributed by atoms with Crippen molar-refractivity contribution in [2.45, 2.75) is 32.4 Å². The summed E-state index contributed by atoms with van der Waals surface area (Å²) in [5, 5.41) is 9.39. The second-order valence-corrected chi connectivity index (χ2v) is 8.73. The molecule has 1 fully saturated rings. The fraction of sp³-hybridized carbons (Fsp3) is 0.409. The third-order valence-corrected chi connectivity index (χ3v) is 6.59. The second kappa shape index (κ2) is 9.33. The van der Waals surface area contributed by atoms with E-state index in [1.165, 1.54) is 24.0 Å². The Hall–Kier alpha value is -2.51. The molecule has 1 aliphatic rings. The third kappa shape index (κ3) is 5.10. The molecule has 3 aromatic rings. The van der Waals surface area contributed by atoms with E-state index >= 15 is 0 Å². The van der Waals surface area contributed by atoms with Crippen molar-refractivity contribution in [1.29, 1.82) is 0 Å². The number of nitrogens with zero attached hydrogens (tertiary/aromatic N) is 4. The van der Waals surface area contributed by atoms with Gasteiger partial charge in [0.05, 0.1) is 12.6 Å². The predicted molar refractivity (Wildman–Crippen MR) is 115 cm³/mol. The van der Waals surface area contributed by atoms with E-state index in [1.807, 2.05) is 24.3 Å². The Kier molecular flexibility index (Phi) is 6.36. The average Bonchev–Trinajstić information content (AvgIpc) is 3.44. The fourth-order valence-electron chi connectivity index (χ4n) is 3.79. The predicted octanol–water partition coefficient (Wildman–Crippen LogP) is 3.59. The highest BCUT2D eigenvalue weighted by Crippen LogP contribution is 2.29. The molecular weight excluding hydrogens is 382 g/mol. The smallest absolute Gasteiger partial charge is 0.251 e. The SMILES string of the molecule is CC1CCN([C@@H](CNC(=O)c2ccc(Cn3cncn3)cc2)c2cccs2)CC1. The molecule has 4 rings (SSSR count). The Labute approximate surface area is 175 Å². The third-order valence-electron chi connectivity index (χ3n) is 5.61. The minimum absolute atomic E-state index is 0.0239. The molecule has 0 bridgehead atoms. The van der Waals surface area contributed by atoms with Crippen LogP contribution in [-0.4, -0.2) is 45.2 Å². The van der Waals surface area contributed by atoms with Crippen LogP contribution in [0.4, 0.5) is 0 Å². The number of nitrogens with one attached hydrogen (secondary N) is 1. The molecule has 2 aromatic heterocycles. The van der Waals surface area contributed by atoms with Gasteiger partial charge in [-0.3, -0.25) is 9.69 Å². The van der Waals surface area contributed by atoms with Gasteiger partial charge >= 0.3 is 0 Å². The number of likely N-dealkylation sites (tertiary alicyclic amines) is 1. The van der Waals surface area contributed by atoms with Crippen LogP contribution in [0.1, 0.15) is 46.6 Å². The Morgan fingerprint density at radius 3 is 2.69 bits per heavy atom. The molecule has 6 nitrogen and oxygen atoms in total. The quantitative estimate of drug-likeness (QED) is 0.648. The first-order chi connectivity index (χ1) is 14.2. The first-order valence-electron chi connectivity index (χ1n) is 10.2. The lowest BCUT2D eigenvalue weighted by molar-refractivity contribution is 0.0915. The molecule has 29 heavy (non-hydrogen) atoms. The highest BCUT2D eigenvalue weighted by Gasteiger charge is 2.25. The normalized spacial score (nSPS) is 16.6. The van der Waals surface area contributed by atoms with Gasteiger partial charge in [0, 0.05) is 17.0 Å². The highest BCUT2D eigenvalue weighted by molar-refractivity contribution is 7.10. The zero-order valence-corrected chi connectivity index (χ0v) is 17.5. The van der Waals surface area contributed by atoms with Gasteiger partial charge in [-0.05, 0) is 61.0 Å². The van der Waals surface area contributed by atoms with E-state index in [9.17, 15) is 4.79 Å². The number of rotatable bonds is 7. The van der Waals surface area contributed by atoms with Gasteiger partial charge in [0.2, 0.25) is 0 Å². The van der Waals surface area contributed by atoms with Crippen LogP contribution < -0.4 is 5.32 Å². The average molecular weight is 410 g/mol. The van der Waals surface area contributed by atoms with Crippen LogP contribution in [-0.2, 0) is 6.54 Å². The molecule has 1 N–H and O–H groups in total. The number of carbonyl (C=O) groups excluding carboxylic acids is 1. The molecule has 152 valence electrons. The summed E-state index contributed by atoms with van der Waals surface area (Å²) in [4.78, 5) is 20.5. The van der Waals surface area contributed by atoms with E-state index in [1.54, 1.807) is 22.3 Å². The largest absolute Gasteiger partial charge is 0.350 e. The Bertz CT molecular complexity index is 884. The van der Waals surface area contributed by atoms with Crippen LogP contribution >= 0.6 is 11.3 Å². The first kappa shape index (κ1) is 19.8. The van der Waals surface area contributed by atoms with Crippen molar-refractivity contribution >= 4 is 17.2 Å². The summed E-state index contributed by atoms with van der Waals surface area (Å²) in [5.74, 6) is 0.769. The van der Waals surface area contributed by atoms with E-state index in [0.717, 1.165) is 24.6 Å². The second-order valence-electron chi connectivity index (χ2n) is 7.75. The molecule has 0 radical (unpaired) electrons. The topological polar surface area (TPSA) is 63.1 Å². The maximum absolute atomic E-state index is 12.7. The number of benzene rings is 1. The summed E-state index contributed by atoms with van der Waals surface area (Å²) in [6, 6.07) is 12.2. The van der Waals surface area contributed by atoms with Gasteiger partial charge in [-0.25, -0.2) is 9.67 Å². The molecule has 0 spiro atoms. The van der Waals surface area contributed by atoms with Gasteiger partial charge in [-0.2, -0.15) is 5.10 Å². The minimum atomic E-state index is -0.0239. The molecule has 1 aliphatic heterocycles. The Balaban J connectivity index is 1.37. The van der Waals surface area contributed by atoms with Crippen LogP contribution in [0.5, 0.6) is 0 Å². The number of hydrogen-bond acceptors (Lipinski definition) is 5. The number of thiophene rings is 1. The highest BCUT2D eigenvalue weighted by atomic mass is 32.1. The minimum Gasteiger partial charge on any atom is -0.350 e. The molecule has 0 saturated carbocycles. The Morgan fingerprint density at radius 2 is 2.03 bits per heavy atom. The van der Waals surface area contributed by atoms with Gasteiger partial charge in [-0.1, -0.05) is 25.1 Å². The molecule has 1 atom stereocenters. The van der Waals surface area contributed by atoms with Crippen LogP contribution in [0.15, 0.2) is 54.4 Å². The standard InChI is InChI=1S/C22H27N5OS/c1-17-8-10-26(11-9-17)20(21-3-2-12-29-21)13-24-22(28)19-6-4-18(5-7-19)14-27-16-23-15-25-27/h2-7,12,15-17,20H,8-11,13-14H2,1H3,(H,24,28)/t20-/m0/s1. The van der Waals surface area contributed by atoms with Crippen molar-refractivity contribution in [3.63, 3.8) is 0 Å². The van der Waals surface area contributed by atoms with Gasteiger partial charge in [0.15, 0.2) is 0 Å². The lowest BCUT2D eigenvalue weighted by atomic mass is 9.97. The fourth-order valence-corrected chi connectivity index (χ4v) is 4.65. The van der Waals surface area contributed by atoms with E-state index in [4.69, 9.17) is 0 Å². The molecule has 1 aromatic carbocycles. The van der Waals surface area contributed by atoms with Crippen molar-refractivity contribution in [1.82, 2.24) is 25.0 Å². The molecule has 3 heterocycles. The van der Waals surface area contributed by atoms with Crippen molar-refractivity contribution in [3.8, 4) is 0 Å². The van der Waals surface area contributed by atoms with Crippen LogP contribution in [0.25, 0.3) is 0 Å². The summed E-state index contributed by atoms with van der Waals surface area (Å²) in [6.45, 7) is 5.79. The van der Waals surface area contributed by atoms with Gasteiger partial charge in [0.25, 0.3) is 5.91 Å². The molecule has 0 unspecified atom stereocenters. The van der Waals surface area contributed by atoms with Crippen LogP contribution in [0.3, 0.4) is 0 Å². The van der Waals surface area contributed by atoms with E-state index in [-0.39, 0.29) is 11.9 Å². The van der Waals surface area contributed by atoms with Gasteiger partial charge in [-0.15, -0.1) is 11.3 Å². The van der Waals surface area contributed by atoms with E-state index in [0.29, 0.717) is 18.7 Å². The Morgan fingerprint density at radius 1 is 1.24 bits per heavy atom.